The van der Waals surface area contributed by atoms with Gasteiger partial charge in [0.2, 0.25) is 0 Å². The van der Waals surface area contributed by atoms with Crippen LogP contribution < -0.4 is 10.1 Å². The number of furan rings is 1. The Kier molecular flexibility index (Phi) is 5.60. The number of hydrogen-bond donors (Lipinski definition) is 2. The molecule has 0 bridgehead atoms. The lowest BCUT2D eigenvalue weighted by Gasteiger charge is -2.17. The summed E-state index contributed by atoms with van der Waals surface area (Å²) >= 11 is 0. The molecule has 0 aliphatic heterocycles. The van der Waals surface area contributed by atoms with Crippen molar-refractivity contribution in [2.45, 2.75) is 19.1 Å². The van der Waals surface area contributed by atoms with Crippen LogP contribution in [0.3, 0.4) is 0 Å². The first-order valence-electron chi connectivity index (χ1n) is 9.71. The molecule has 2 atom stereocenters. The predicted octanol–water partition coefficient (Wildman–Crippen LogP) is 4.20. The second-order valence-electron chi connectivity index (χ2n) is 7.03. The fourth-order valence-electron chi connectivity index (χ4n) is 3.32. The summed E-state index contributed by atoms with van der Waals surface area (Å²) in [7, 11) is 1.50. The Morgan fingerprint density at radius 3 is 2.42 bits per heavy atom. The Morgan fingerprint density at radius 1 is 0.968 bits per heavy atom. The van der Waals surface area contributed by atoms with Gasteiger partial charge in [0.1, 0.15) is 16.9 Å². The first-order chi connectivity index (χ1) is 15.0. The Balaban J connectivity index is 1.52. The number of carbonyl (C=O) groups is 2. The van der Waals surface area contributed by atoms with Gasteiger partial charge in [-0.3, -0.25) is 4.79 Å². The second-order valence-corrected chi connectivity index (χ2v) is 7.03. The van der Waals surface area contributed by atoms with E-state index < -0.39 is 24.1 Å². The van der Waals surface area contributed by atoms with Gasteiger partial charge in [0.05, 0.1) is 12.8 Å². The molecule has 0 radical (unpaired) electrons. The maximum Gasteiger partial charge on any atom is 0.340 e. The molecule has 31 heavy (non-hydrogen) atoms. The highest BCUT2D eigenvalue weighted by Gasteiger charge is 2.25. The van der Waals surface area contributed by atoms with Crippen molar-refractivity contribution in [3.05, 3.63) is 72.3 Å². The zero-order chi connectivity index (χ0) is 22.0. The number of esters is 1. The van der Waals surface area contributed by atoms with Crippen LogP contribution in [0.15, 0.2) is 71.1 Å². The van der Waals surface area contributed by atoms with Gasteiger partial charge in [-0.05, 0) is 24.6 Å². The van der Waals surface area contributed by atoms with Crippen LogP contribution in [0, 0.1) is 0 Å². The molecular formula is C24H21NO6. The lowest BCUT2D eigenvalue weighted by molar-refractivity contribution is -0.162. The molecule has 4 aromatic rings. The number of aliphatic hydroxyl groups excluding tert-OH is 1. The number of para-hydroxylation sites is 1. The summed E-state index contributed by atoms with van der Waals surface area (Å²) in [6, 6.07) is 19.4. The summed E-state index contributed by atoms with van der Waals surface area (Å²) < 4.78 is 16.4. The van der Waals surface area contributed by atoms with Crippen LogP contribution >= 0.6 is 0 Å². The van der Waals surface area contributed by atoms with Gasteiger partial charge in [0, 0.05) is 16.8 Å². The number of aliphatic hydroxyl groups is 1. The maximum atomic E-state index is 12.6. The predicted molar refractivity (Wildman–Crippen MR) is 116 cm³/mol. The highest BCUT2D eigenvalue weighted by molar-refractivity contribution is 6.08. The topological polar surface area (TPSA) is 98.0 Å². The van der Waals surface area contributed by atoms with Gasteiger partial charge in [-0.1, -0.05) is 48.5 Å². The van der Waals surface area contributed by atoms with Gasteiger partial charge in [-0.2, -0.15) is 0 Å². The van der Waals surface area contributed by atoms with E-state index in [1.54, 1.807) is 42.5 Å². The third-order valence-corrected chi connectivity index (χ3v) is 4.96. The van der Waals surface area contributed by atoms with Crippen LogP contribution in [-0.2, 0) is 14.3 Å². The SMILES string of the molecule is COc1cc2c(cc1NC(=O)[C@@H](C)OC(=O)[C@@H](O)c1ccccc1)oc1ccccc12. The standard InChI is InChI=1S/C24H21NO6/c1-14(30-24(28)22(26)15-8-4-3-5-9-15)23(27)25-18-13-20-17(12-21(18)29-2)16-10-6-7-11-19(16)31-20/h3-14,22,26H,1-2H3,(H,25,27)/t14-,22+/m1/s1. The van der Waals surface area contributed by atoms with Crippen LogP contribution in [0.2, 0.25) is 0 Å². The normalized spacial score (nSPS) is 13.0. The number of amides is 1. The number of methoxy groups -OCH3 is 1. The van der Waals surface area contributed by atoms with Crippen LogP contribution in [-0.4, -0.2) is 30.2 Å². The monoisotopic (exact) mass is 419 g/mol. The number of carbonyl (C=O) groups excluding carboxylic acids is 2. The fourth-order valence-corrected chi connectivity index (χ4v) is 3.32. The van der Waals surface area contributed by atoms with E-state index in [0.29, 0.717) is 22.6 Å². The zero-order valence-electron chi connectivity index (χ0n) is 17.0. The van der Waals surface area contributed by atoms with E-state index in [9.17, 15) is 14.7 Å². The largest absolute Gasteiger partial charge is 0.495 e. The quantitative estimate of drug-likeness (QED) is 0.455. The van der Waals surface area contributed by atoms with E-state index in [2.05, 4.69) is 5.32 Å². The highest BCUT2D eigenvalue weighted by Crippen LogP contribution is 2.36. The Hall–Kier alpha value is -3.84. The van der Waals surface area contributed by atoms with Crippen molar-refractivity contribution in [3.63, 3.8) is 0 Å². The molecule has 1 heterocycles. The summed E-state index contributed by atoms with van der Waals surface area (Å²) in [6.45, 7) is 1.43. The summed E-state index contributed by atoms with van der Waals surface area (Å²) in [4.78, 5) is 24.8. The lowest BCUT2D eigenvalue weighted by atomic mass is 10.1. The average molecular weight is 419 g/mol. The maximum absolute atomic E-state index is 12.6. The van der Waals surface area contributed by atoms with Crippen LogP contribution in [0.4, 0.5) is 5.69 Å². The first-order valence-corrected chi connectivity index (χ1v) is 9.71. The molecule has 0 aliphatic rings. The summed E-state index contributed by atoms with van der Waals surface area (Å²) in [5.74, 6) is -1.04. The van der Waals surface area contributed by atoms with Gasteiger partial charge in [0.25, 0.3) is 5.91 Å². The average Bonchev–Trinajstić information content (AvgIpc) is 3.15. The van der Waals surface area contributed by atoms with Crippen molar-refractivity contribution in [1.29, 1.82) is 0 Å². The minimum absolute atomic E-state index is 0.380. The van der Waals surface area contributed by atoms with Crippen molar-refractivity contribution in [3.8, 4) is 5.75 Å². The van der Waals surface area contributed by atoms with E-state index in [0.717, 1.165) is 16.4 Å². The van der Waals surface area contributed by atoms with Gasteiger partial charge in [0.15, 0.2) is 12.2 Å². The number of fused-ring (bicyclic) bond motifs is 3. The Bertz CT molecular complexity index is 1250. The fraction of sp³-hybridized carbons (Fsp3) is 0.167. The molecule has 7 heteroatoms. The Morgan fingerprint density at radius 2 is 1.68 bits per heavy atom. The highest BCUT2D eigenvalue weighted by atomic mass is 16.6. The van der Waals surface area contributed by atoms with Crippen molar-refractivity contribution in [2.75, 3.05) is 12.4 Å². The minimum Gasteiger partial charge on any atom is -0.495 e. The second kappa shape index (κ2) is 8.49. The Labute approximate surface area is 178 Å². The smallest absolute Gasteiger partial charge is 0.340 e. The van der Waals surface area contributed by atoms with Crippen LogP contribution in [0.25, 0.3) is 21.9 Å². The summed E-state index contributed by atoms with van der Waals surface area (Å²) in [5, 5.41) is 14.6. The molecule has 0 saturated heterocycles. The first kappa shape index (κ1) is 20.4. The molecule has 0 spiro atoms. The summed E-state index contributed by atoms with van der Waals surface area (Å²) in [6.07, 6.45) is -2.61. The minimum atomic E-state index is -1.47. The molecule has 2 N–H and O–H groups in total. The number of benzene rings is 3. The molecule has 158 valence electrons. The number of ether oxygens (including phenoxy) is 2. The van der Waals surface area contributed by atoms with E-state index >= 15 is 0 Å². The molecule has 3 aromatic carbocycles. The molecule has 1 aromatic heterocycles. The third-order valence-electron chi connectivity index (χ3n) is 4.96. The zero-order valence-corrected chi connectivity index (χ0v) is 17.0. The van der Waals surface area contributed by atoms with Gasteiger partial charge < -0.3 is 24.3 Å². The van der Waals surface area contributed by atoms with E-state index in [1.807, 2.05) is 24.3 Å². The molecule has 1 amide bonds. The lowest BCUT2D eigenvalue weighted by Crippen LogP contribution is -2.32. The molecule has 0 unspecified atom stereocenters. The van der Waals surface area contributed by atoms with Crippen molar-refractivity contribution >= 4 is 39.5 Å². The molecule has 0 saturated carbocycles. The van der Waals surface area contributed by atoms with Crippen molar-refractivity contribution in [2.24, 2.45) is 0 Å². The third kappa shape index (κ3) is 4.08. The molecule has 0 aliphatic carbocycles. The van der Waals surface area contributed by atoms with Crippen molar-refractivity contribution in [1.82, 2.24) is 0 Å². The van der Waals surface area contributed by atoms with Crippen LogP contribution in [0.1, 0.15) is 18.6 Å². The molecule has 0 fully saturated rings. The number of nitrogens with one attached hydrogen (secondary N) is 1. The molecule has 7 nitrogen and oxygen atoms in total. The van der Waals surface area contributed by atoms with Gasteiger partial charge in [-0.15, -0.1) is 0 Å². The van der Waals surface area contributed by atoms with Gasteiger partial charge >= 0.3 is 5.97 Å². The number of hydrogen-bond acceptors (Lipinski definition) is 6. The van der Waals surface area contributed by atoms with E-state index in [-0.39, 0.29) is 0 Å². The number of rotatable bonds is 6. The van der Waals surface area contributed by atoms with Crippen LogP contribution in [0.5, 0.6) is 5.75 Å². The molecule has 4 rings (SSSR count). The number of anilines is 1. The van der Waals surface area contributed by atoms with Crippen molar-refractivity contribution < 1.29 is 28.6 Å². The van der Waals surface area contributed by atoms with E-state index in [1.165, 1.54) is 14.0 Å². The summed E-state index contributed by atoms with van der Waals surface area (Å²) in [5.41, 5.74) is 2.07. The molecular weight excluding hydrogens is 398 g/mol. The van der Waals surface area contributed by atoms with E-state index in [4.69, 9.17) is 13.9 Å². The van der Waals surface area contributed by atoms with Gasteiger partial charge in [-0.25, -0.2) is 4.79 Å².